The fourth-order valence-electron chi connectivity index (χ4n) is 0.739. The predicted molar refractivity (Wildman–Crippen MR) is 40.4 cm³/mol. The highest BCUT2D eigenvalue weighted by Gasteiger charge is 1.93. The third kappa shape index (κ3) is 2.67. The standard InChI is InChI=1S/C7H7FO2S/c8-7-3-1-6(2-4-7)5-11(9)10/h1-4,11H,5H2. The summed E-state index contributed by atoms with van der Waals surface area (Å²) in [6.45, 7) is 0. The Hall–Kier alpha value is -0.900. The maximum absolute atomic E-state index is 12.3. The molecule has 1 aromatic rings. The van der Waals surface area contributed by atoms with Crippen molar-refractivity contribution in [1.82, 2.24) is 0 Å². The van der Waals surface area contributed by atoms with Crippen molar-refractivity contribution in [2.75, 3.05) is 0 Å². The van der Waals surface area contributed by atoms with Crippen LogP contribution in [0, 0.1) is 5.82 Å². The van der Waals surface area contributed by atoms with Crippen LogP contribution in [-0.4, -0.2) is 8.42 Å². The number of thiol groups is 1. The van der Waals surface area contributed by atoms with Gasteiger partial charge in [-0.2, -0.15) is 0 Å². The Bertz CT molecular complexity index is 295. The second-order valence-corrected chi connectivity index (χ2v) is 3.10. The first-order valence-electron chi connectivity index (χ1n) is 3.05. The average Bonchev–Trinajstić information content (AvgIpc) is 1.93. The second kappa shape index (κ2) is 3.48. The van der Waals surface area contributed by atoms with Gasteiger partial charge in [0.1, 0.15) is 16.5 Å². The topological polar surface area (TPSA) is 34.1 Å². The van der Waals surface area contributed by atoms with Crippen LogP contribution in [0.3, 0.4) is 0 Å². The summed E-state index contributed by atoms with van der Waals surface area (Å²) >= 11 is 0. The van der Waals surface area contributed by atoms with E-state index >= 15 is 0 Å². The molecule has 11 heavy (non-hydrogen) atoms. The Morgan fingerprint density at radius 2 is 1.73 bits per heavy atom. The molecule has 0 amide bonds. The molecular formula is C7H7FO2S. The van der Waals surface area contributed by atoms with E-state index in [0.717, 1.165) is 0 Å². The molecule has 0 aromatic heterocycles. The minimum atomic E-state index is -2.41. The van der Waals surface area contributed by atoms with Gasteiger partial charge >= 0.3 is 0 Å². The molecule has 1 aromatic carbocycles. The lowest BCUT2D eigenvalue weighted by Gasteiger charge is -1.92. The molecule has 60 valence electrons. The SMILES string of the molecule is O=[SH](=O)Cc1ccc(F)cc1. The average molecular weight is 174 g/mol. The van der Waals surface area contributed by atoms with Crippen molar-refractivity contribution in [3.05, 3.63) is 35.6 Å². The summed E-state index contributed by atoms with van der Waals surface area (Å²) in [7, 11) is -2.41. The zero-order chi connectivity index (χ0) is 8.27. The van der Waals surface area contributed by atoms with Crippen molar-refractivity contribution in [1.29, 1.82) is 0 Å². The van der Waals surface area contributed by atoms with Crippen LogP contribution in [-0.2, 0) is 16.5 Å². The Labute approximate surface area is 65.6 Å². The van der Waals surface area contributed by atoms with Crippen LogP contribution in [0.1, 0.15) is 5.56 Å². The summed E-state index contributed by atoms with van der Waals surface area (Å²) in [6.07, 6.45) is 0. The number of benzene rings is 1. The zero-order valence-corrected chi connectivity index (χ0v) is 6.55. The molecule has 0 radical (unpaired) electrons. The van der Waals surface area contributed by atoms with Gasteiger partial charge in [0.2, 0.25) is 0 Å². The number of hydrogen-bond donors (Lipinski definition) is 1. The lowest BCUT2D eigenvalue weighted by Crippen LogP contribution is -1.85. The third-order valence-electron chi connectivity index (χ3n) is 1.22. The second-order valence-electron chi connectivity index (χ2n) is 2.12. The maximum Gasteiger partial charge on any atom is 0.144 e. The van der Waals surface area contributed by atoms with Gasteiger partial charge in [0.25, 0.3) is 0 Å². The predicted octanol–water partition coefficient (Wildman–Crippen LogP) is 0.937. The van der Waals surface area contributed by atoms with Gasteiger partial charge in [0.15, 0.2) is 0 Å². The lowest BCUT2D eigenvalue weighted by atomic mass is 10.2. The van der Waals surface area contributed by atoms with Crippen LogP contribution >= 0.6 is 0 Å². The number of halogens is 1. The molecule has 0 saturated heterocycles. The van der Waals surface area contributed by atoms with Gasteiger partial charge in [-0.15, -0.1) is 0 Å². The smallest absolute Gasteiger partial charge is 0.144 e. The van der Waals surface area contributed by atoms with Crippen molar-refractivity contribution >= 4 is 10.7 Å². The molecule has 0 bridgehead atoms. The van der Waals surface area contributed by atoms with Crippen LogP contribution in [0.2, 0.25) is 0 Å². The quantitative estimate of drug-likeness (QED) is 0.677. The first-order valence-corrected chi connectivity index (χ1v) is 4.41. The molecule has 0 unspecified atom stereocenters. The highest BCUT2D eigenvalue weighted by atomic mass is 32.2. The van der Waals surface area contributed by atoms with E-state index in [2.05, 4.69) is 0 Å². The molecule has 0 aliphatic carbocycles. The van der Waals surface area contributed by atoms with Gasteiger partial charge in [-0.1, -0.05) is 12.1 Å². The van der Waals surface area contributed by atoms with E-state index in [9.17, 15) is 12.8 Å². The van der Waals surface area contributed by atoms with Gasteiger partial charge in [0.05, 0.1) is 5.75 Å². The Kier molecular flexibility index (Phi) is 2.59. The summed E-state index contributed by atoms with van der Waals surface area (Å²) in [5, 5.41) is 0. The number of rotatable bonds is 2. The van der Waals surface area contributed by atoms with Crippen LogP contribution in [0.25, 0.3) is 0 Å². The van der Waals surface area contributed by atoms with Crippen molar-refractivity contribution in [3.8, 4) is 0 Å². The van der Waals surface area contributed by atoms with Crippen molar-refractivity contribution in [3.63, 3.8) is 0 Å². The lowest BCUT2D eigenvalue weighted by molar-refractivity contribution is 0.613. The van der Waals surface area contributed by atoms with Crippen LogP contribution < -0.4 is 0 Å². The molecule has 4 heteroatoms. The molecule has 1 rings (SSSR count). The van der Waals surface area contributed by atoms with E-state index < -0.39 is 10.7 Å². The van der Waals surface area contributed by atoms with Crippen molar-refractivity contribution in [2.24, 2.45) is 0 Å². The summed E-state index contributed by atoms with van der Waals surface area (Å²) in [6, 6.07) is 5.41. The highest BCUT2D eigenvalue weighted by Crippen LogP contribution is 2.02. The third-order valence-corrected chi connectivity index (χ3v) is 1.85. The monoisotopic (exact) mass is 174 g/mol. The van der Waals surface area contributed by atoms with E-state index in [4.69, 9.17) is 0 Å². The van der Waals surface area contributed by atoms with Gasteiger partial charge in [-0.05, 0) is 17.7 Å². The number of hydrogen-bond acceptors (Lipinski definition) is 2. The van der Waals surface area contributed by atoms with Gasteiger partial charge in [-0.3, -0.25) is 0 Å². The fourth-order valence-corrected chi connectivity index (χ4v) is 1.25. The van der Waals surface area contributed by atoms with Crippen LogP contribution in [0.4, 0.5) is 4.39 Å². The molecule has 0 atom stereocenters. The highest BCUT2D eigenvalue weighted by molar-refractivity contribution is 7.71. The van der Waals surface area contributed by atoms with Gasteiger partial charge < -0.3 is 0 Å². The minimum Gasteiger partial charge on any atom is -0.232 e. The van der Waals surface area contributed by atoms with E-state index in [1.54, 1.807) is 0 Å². The zero-order valence-electron chi connectivity index (χ0n) is 5.66. The largest absolute Gasteiger partial charge is 0.232 e. The van der Waals surface area contributed by atoms with E-state index in [-0.39, 0.29) is 11.6 Å². The molecule has 0 aliphatic heterocycles. The molecule has 0 fully saturated rings. The molecule has 0 saturated carbocycles. The van der Waals surface area contributed by atoms with E-state index in [0.29, 0.717) is 5.56 Å². The van der Waals surface area contributed by atoms with Crippen molar-refractivity contribution < 1.29 is 12.8 Å². The normalized spacial score (nSPS) is 10.4. The summed E-state index contributed by atoms with van der Waals surface area (Å²) in [5.41, 5.74) is 0.613. The molecule has 0 spiro atoms. The minimum absolute atomic E-state index is 0.0182. The Balaban J connectivity index is 2.82. The van der Waals surface area contributed by atoms with Crippen LogP contribution in [0.5, 0.6) is 0 Å². The van der Waals surface area contributed by atoms with Crippen molar-refractivity contribution in [2.45, 2.75) is 5.75 Å². The summed E-state index contributed by atoms with van der Waals surface area (Å²) in [4.78, 5) is 0. The van der Waals surface area contributed by atoms with Gasteiger partial charge in [-0.25, -0.2) is 12.8 Å². The van der Waals surface area contributed by atoms with E-state index in [1.165, 1.54) is 24.3 Å². The van der Waals surface area contributed by atoms with Gasteiger partial charge in [0, 0.05) is 0 Å². The first-order chi connectivity index (χ1) is 5.18. The molecule has 0 heterocycles. The molecular weight excluding hydrogens is 167 g/mol. The maximum atomic E-state index is 12.3. The summed E-state index contributed by atoms with van der Waals surface area (Å²) in [5.74, 6) is -0.370. The molecule has 0 aliphatic rings. The summed E-state index contributed by atoms with van der Waals surface area (Å²) < 4.78 is 32.7. The first kappa shape index (κ1) is 8.20. The molecule has 2 nitrogen and oxygen atoms in total. The fraction of sp³-hybridized carbons (Fsp3) is 0.143. The molecule has 0 N–H and O–H groups in total. The Morgan fingerprint density at radius 3 is 2.18 bits per heavy atom. The Morgan fingerprint density at radius 1 is 1.18 bits per heavy atom. The van der Waals surface area contributed by atoms with E-state index in [1.807, 2.05) is 0 Å². The van der Waals surface area contributed by atoms with Crippen LogP contribution in [0.15, 0.2) is 24.3 Å².